The van der Waals surface area contributed by atoms with E-state index < -0.39 is 6.04 Å². The minimum atomic E-state index is -0.500. The Kier molecular flexibility index (Phi) is 8.90. The number of nitrogens with zero attached hydrogens (tertiary/aromatic N) is 5. The van der Waals surface area contributed by atoms with Crippen molar-refractivity contribution in [3.63, 3.8) is 0 Å². The van der Waals surface area contributed by atoms with E-state index in [2.05, 4.69) is 43.3 Å². The molecule has 222 valence electrons. The van der Waals surface area contributed by atoms with Crippen LogP contribution in [0.3, 0.4) is 0 Å². The fourth-order valence-electron chi connectivity index (χ4n) is 7.43. The summed E-state index contributed by atoms with van der Waals surface area (Å²) in [5, 5.41) is 15.5. The number of hydrogen-bond acceptors (Lipinski definition) is 5. The quantitative estimate of drug-likeness (QED) is 0.448. The summed E-state index contributed by atoms with van der Waals surface area (Å²) in [6.45, 7) is 4.10. The summed E-state index contributed by atoms with van der Waals surface area (Å²) in [7, 11) is 0. The molecule has 2 heterocycles. The van der Waals surface area contributed by atoms with Crippen LogP contribution in [0, 0.1) is 29.1 Å². The van der Waals surface area contributed by atoms with Crippen molar-refractivity contribution in [2.75, 3.05) is 32.7 Å². The van der Waals surface area contributed by atoms with Gasteiger partial charge in [-0.25, -0.2) is 9.78 Å². The van der Waals surface area contributed by atoms with Gasteiger partial charge < -0.3 is 20.1 Å². The van der Waals surface area contributed by atoms with Gasteiger partial charge in [0, 0.05) is 63.6 Å². The van der Waals surface area contributed by atoms with Gasteiger partial charge in [0.15, 0.2) is 0 Å². The molecule has 3 unspecified atom stereocenters. The molecule has 9 nitrogen and oxygen atoms in total. The molecule has 2 aromatic rings. The molecule has 1 aliphatic heterocycles. The molecule has 1 aromatic carbocycles. The van der Waals surface area contributed by atoms with E-state index in [1.807, 2.05) is 30.5 Å². The summed E-state index contributed by atoms with van der Waals surface area (Å²) in [5.41, 5.74) is 2.76. The van der Waals surface area contributed by atoms with Crippen LogP contribution >= 0.6 is 0 Å². The molecule has 3 amide bonds. The van der Waals surface area contributed by atoms with Crippen molar-refractivity contribution in [2.24, 2.45) is 17.8 Å². The van der Waals surface area contributed by atoms with Crippen LogP contribution in [0.1, 0.15) is 61.8 Å². The molecular weight excluding hydrogens is 526 g/mol. The van der Waals surface area contributed by atoms with Gasteiger partial charge in [-0.15, -0.1) is 0 Å². The van der Waals surface area contributed by atoms with Gasteiger partial charge in [-0.2, -0.15) is 5.26 Å². The van der Waals surface area contributed by atoms with Crippen LogP contribution in [0.25, 0.3) is 0 Å². The van der Waals surface area contributed by atoms with Crippen molar-refractivity contribution < 1.29 is 9.59 Å². The molecular formula is C33H43N7O2. The molecule has 2 bridgehead atoms. The fourth-order valence-corrected chi connectivity index (χ4v) is 7.43. The van der Waals surface area contributed by atoms with Gasteiger partial charge in [0.05, 0.1) is 18.0 Å². The molecule has 42 heavy (non-hydrogen) atoms. The normalized spacial score (nSPS) is 25.8. The van der Waals surface area contributed by atoms with E-state index in [9.17, 15) is 9.59 Å². The second-order valence-electron chi connectivity index (χ2n) is 12.7. The first-order chi connectivity index (χ1) is 20.6. The molecule has 3 fully saturated rings. The Hall–Kier alpha value is -3.64. The van der Waals surface area contributed by atoms with E-state index in [0.29, 0.717) is 50.0 Å². The maximum Gasteiger partial charge on any atom is 0.318 e. The van der Waals surface area contributed by atoms with Gasteiger partial charge in [-0.3, -0.25) is 9.69 Å². The fraction of sp³-hybridized carbons (Fsp3) is 0.576. The van der Waals surface area contributed by atoms with Crippen LogP contribution in [0.2, 0.25) is 0 Å². The number of hydrogen-bond donors (Lipinski definition) is 2. The second-order valence-corrected chi connectivity index (χ2v) is 12.7. The van der Waals surface area contributed by atoms with Crippen LogP contribution < -0.4 is 10.6 Å². The Morgan fingerprint density at radius 3 is 2.62 bits per heavy atom. The van der Waals surface area contributed by atoms with Crippen molar-refractivity contribution in [1.82, 2.24) is 30.0 Å². The van der Waals surface area contributed by atoms with Crippen LogP contribution in [0.5, 0.6) is 0 Å². The first kappa shape index (κ1) is 28.5. The van der Waals surface area contributed by atoms with Gasteiger partial charge in [0.2, 0.25) is 5.91 Å². The lowest BCUT2D eigenvalue weighted by Gasteiger charge is -2.42. The lowest BCUT2D eigenvalue weighted by Crippen LogP contribution is -2.63. The number of carbonyl (C=O) groups is 2. The zero-order valence-corrected chi connectivity index (χ0v) is 24.5. The maximum atomic E-state index is 13.7. The number of urea groups is 1. The molecule has 1 aromatic heterocycles. The SMILES string of the molecule is N#Cc1ccc(Cn2cncc2CCNC(=O)[C@H]2CN(CC3CC4C=CC3C4)CCN2C(=O)NC2CCCCC2)cc1. The second kappa shape index (κ2) is 13.1. The Balaban J connectivity index is 1.07. The minimum absolute atomic E-state index is 0.0792. The van der Waals surface area contributed by atoms with Crippen molar-refractivity contribution >= 4 is 11.9 Å². The van der Waals surface area contributed by atoms with Gasteiger partial charge in [0.25, 0.3) is 0 Å². The molecule has 3 aliphatic carbocycles. The van der Waals surface area contributed by atoms with Crippen LogP contribution in [0.15, 0.2) is 48.9 Å². The number of benzene rings is 1. The predicted octanol–water partition coefficient (Wildman–Crippen LogP) is 3.70. The molecule has 2 N–H and O–H groups in total. The summed E-state index contributed by atoms with van der Waals surface area (Å²) in [4.78, 5) is 35.6. The number of rotatable bonds is 9. The summed E-state index contributed by atoms with van der Waals surface area (Å²) >= 11 is 0. The lowest BCUT2D eigenvalue weighted by atomic mass is 9.92. The van der Waals surface area contributed by atoms with Gasteiger partial charge in [0.1, 0.15) is 6.04 Å². The summed E-state index contributed by atoms with van der Waals surface area (Å²) in [6.07, 6.45) is 17.2. The van der Waals surface area contributed by atoms with Crippen LogP contribution in [-0.4, -0.2) is 76.1 Å². The first-order valence-corrected chi connectivity index (χ1v) is 15.8. The average molecular weight is 570 g/mol. The monoisotopic (exact) mass is 569 g/mol. The molecule has 4 atom stereocenters. The van der Waals surface area contributed by atoms with Crippen molar-refractivity contribution in [3.8, 4) is 6.07 Å². The molecule has 2 saturated carbocycles. The predicted molar refractivity (Wildman–Crippen MR) is 160 cm³/mol. The Bertz CT molecular complexity index is 1310. The van der Waals surface area contributed by atoms with E-state index in [1.54, 1.807) is 11.2 Å². The number of amides is 3. The number of carbonyl (C=O) groups excluding carboxylic acids is 2. The topological polar surface area (TPSA) is 106 Å². The van der Waals surface area contributed by atoms with Crippen LogP contribution in [0.4, 0.5) is 4.79 Å². The van der Waals surface area contributed by atoms with Crippen molar-refractivity contribution in [3.05, 3.63) is 65.8 Å². The number of piperazine rings is 1. The molecule has 0 radical (unpaired) electrons. The zero-order chi connectivity index (χ0) is 28.9. The third-order valence-corrected chi connectivity index (χ3v) is 9.78. The molecule has 1 saturated heterocycles. The molecule has 0 spiro atoms. The van der Waals surface area contributed by atoms with Gasteiger partial charge in [-0.05, 0) is 61.1 Å². The minimum Gasteiger partial charge on any atom is -0.354 e. The molecule has 6 rings (SSSR count). The molecule has 4 aliphatic rings. The number of allylic oxidation sites excluding steroid dienone is 2. The van der Waals surface area contributed by atoms with Crippen LogP contribution in [-0.2, 0) is 17.8 Å². The van der Waals surface area contributed by atoms with Crippen molar-refractivity contribution in [2.45, 2.75) is 70.0 Å². The summed E-state index contributed by atoms with van der Waals surface area (Å²) in [6, 6.07) is 9.33. The number of nitriles is 1. The highest BCUT2D eigenvalue weighted by atomic mass is 16.2. The Labute approximate surface area is 249 Å². The lowest BCUT2D eigenvalue weighted by molar-refractivity contribution is -0.127. The smallest absolute Gasteiger partial charge is 0.318 e. The molecule has 9 heteroatoms. The number of nitrogens with one attached hydrogen (secondary N) is 2. The summed E-state index contributed by atoms with van der Waals surface area (Å²) < 4.78 is 2.07. The third-order valence-electron chi connectivity index (χ3n) is 9.78. The Morgan fingerprint density at radius 1 is 1.05 bits per heavy atom. The van der Waals surface area contributed by atoms with E-state index in [4.69, 9.17) is 5.26 Å². The Morgan fingerprint density at radius 2 is 1.88 bits per heavy atom. The summed E-state index contributed by atoms with van der Waals surface area (Å²) in [5.74, 6) is 1.98. The highest BCUT2D eigenvalue weighted by Gasteiger charge is 2.40. The number of aromatic nitrogens is 2. The third kappa shape index (κ3) is 6.70. The van der Waals surface area contributed by atoms with Gasteiger partial charge in [-0.1, -0.05) is 43.5 Å². The van der Waals surface area contributed by atoms with E-state index in [1.165, 1.54) is 19.3 Å². The van der Waals surface area contributed by atoms with E-state index in [0.717, 1.165) is 55.9 Å². The average Bonchev–Trinajstić information content (AvgIpc) is 3.76. The largest absolute Gasteiger partial charge is 0.354 e. The van der Waals surface area contributed by atoms with Gasteiger partial charge >= 0.3 is 6.03 Å². The zero-order valence-electron chi connectivity index (χ0n) is 24.5. The van der Waals surface area contributed by atoms with E-state index >= 15 is 0 Å². The number of fused-ring (bicyclic) bond motifs is 2. The maximum absolute atomic E-state index is 13.7. The van der Waals surface area contributed by atoms with Crippen molar-refractivity contribution in [1.29, 1.82) is 5.26 Å². The highest BCUT2D eigenvalue weighted by Crippen LogP contribution is 2.43. The highest BCUT2D eigenvalue weighted by molar-refractivity contribution is 5.87. The first-order valence-electron chi connectivity index (χ1n) is 15.8. The number of imidazole rings is 1. The standard InChI is InChI=1S/C33H43N7O2/c34-18-24-6-8-25(9-7-24)20-39-23-35-19-30(39)12-13-36-32(41)31-22-38(21-28-17-26-10-11-27(28)16-26)14-15-40(31)33(42)37-29-4-2-1-3-5-29/h6-11,19,23,26-29,31H,1-5,12-17,20-22H2,(H,36,41)(H,37,42)/t26?,27?,28?,31-/m1/s1. The van der Waals surface area contributed by atoms with E-state index in [-0.39, 0.29) is 18.0 Å².